The van der Waals surface area contributed by atoms with Crippen LogP contribution in [-0.2, 0) is 9.53 Å². The molecule has 0 aliphatic carbocycles. The first-order chi connectivity index (χ1) is 13.7. The third kappa shape index (κ3) is 2.85. The molecule has 1 aliphatic rings. The smallest absolute Gasteiger partial charge is 0.340 e. The highest BCUT2D eigenvalue weighted by molar-refractivity contribution is 5.97. The molecule has 3 aromatic rings. The van der Waals surface area contributed by atoms with Gasteiger partial charge in [0.2, 0.25) is 5.88 Å². The van der Waals surface area contributed by atoms with Crippen LogP contribution in [0.4, 0.5) is 0 Å². The Hall–Kier alpha value is -3.47. The zero-order chi connectivity index (χ0) is 19.7. The Kier molecular flexibility index (Phi) is 4.65. The fourth-order valence-corrected chi connectivity index (χ4v) is 3.77. The number of hydrogen-bond acceptors (Lipinski definition) is 5. The minimum atomic E-state index is -0.491. The van der Waals surface area contributed by atoms with E-state index in [4.69, 9.17) is 19.9 Å². The van der Waals surface area contributed by atoms with E-state index in [1.807, 2.05) is 60.7 Å². The third-order valence-corrected chi connectivity index (χ3v) is 4.94. The average molecular weight is 375 g/mol. The first-order valence-corrected chi connectivity index (χ1v) is 9.14. The molecule has 28 heavy (non-hydrogen) atoms. The summed E-state index contributed by atoms with van der Waals surface area (Å²) < 4.78 is 16.8. The number of para-hydroxylation sites is 1. The number of nitrogens with two attached hydrogens (primary N) is 1. The molecule has 5 heteroatoms. The van der Waals surface area contributed by atoms with E-state index in [-0.39, 0.29) is 18.1 Å². The predicted octanol–water partition coefficient (Wildman–Crippen LogP) is 4.11. The number of carbonyl (C=O) groups excluding carboxylic acids is 1. The lowest BCUT2D eigenvalue weighted by Crippen LogP contribution is -2.27. The number of hydrogen-bond donors (Lipinski definition) is 1. The van der Waals surface area contributed by atoms with Gasteiger partial charge in [-0.15, -0.1) is 0 Å². The zero-order valence-electron chi connectivity index (χ0n) is 15.8. The fourth-order valence-electron chi connectivity index (χ4n) is 3.77. The van der Waals surface area contributed by atoms with E-state index in [1.54, 1.807) is 14.0 Å². The summed E-state index contributed by atoms with van der Waals surface area (Å²) in [5, 5.41) is 2.04. The van der Waals surface area contributed by atoms with Crippen molar-refractivity contribution >= 4 is 16.7 Å². The van der Waals surface area contributed by atoms with Crippen molar-refractivity contribution in [1.29, 1.82) is 0 Å². The van der Waals surface area contributed by atoms with Crippen LogP contribution in [0.2, 0.25) is 0 Å². The van der Waals surface area contributed by atoms with Gasteiger partial charge in [0.15, 0.2) is 0 Å². The number of methoxy groups -OCH3 is 1. The van der Waals surface area contributed by atoms with Crippen LogP contribution in [0.3, 0.4) is 0 Å². The molecule has 0 amide bonds. The summed E-state index contributed by atoms with van der Waals surface area (Å²) in [5.74, 6) is 0.389. The highest BCUT2D eigenvalue weighted by Crippen LogP contribution is 2.48. The molecule has 2 N–H and O–H groups in total. The zero-order valence-corrected chi connectivity index (χ0v) is 15.8. The second-order valence-corrected chi connectivity index (χ2v) is 6.47. The van der Waals surface area contributed by atoms with E-state index in [9.17, 15) is 4.79 Å². The van der Waals surface area contributed by atoms with Gasteiger partial charge >= 0.3 is 5.97 Å². The molecule has 1 heterocycles. The molecular formula is C23H21NO4. The number of fused-ring (bicyclic) bond motifs is 3. The Morgan fingerprint density at radius 1 is 1.07 bits per heavy atom. The number of benzene rings is 3. The molecule has 0 fully saturated rings. The highest BCUT2D eigenvalue weighted by Gasteiger charge is 2.38. The summed E-state index contributed by atoms with van der Waals surface area (Å²) in [7, 11) is 1.61. The lowest BCUT2D eigenvalue weighted by molar-refractivity contribution is -0.139. The van der Waals surface area contributed by atoms with Gasteiger partial charge in [-0.3, -0.25) is 0 Å². The first-order valence-electron chi connectivity index (χ1n) is 9.14. The van der Waals surface area contributed by atoms with Gasteiger partial charge in [-0.05, 0) is 29.8 Å². The van der Waals surface area contributed by atoms with Crippen LogP contribution in [0, 0.1) is 0 Å². The summed E-state index contributed by atoms with van der Waals surface area (Å²) in [6, 6.07) is 19.5. The maximum Gasteiger partial charge on any atom is 0.340 e. The van der Waals surface area contributed by atoms with Gasteiger partial charge in [0.25, 0.3) is 0 Å². The Labute approximate surface area is 163 Å². The molecule has 0 saturated heterocycles. The normalized spacial score (nSPS) is 15.7. The number of rotatable bonds is 4. The van der Waals surface area contributed by atoms with Crippen molar-refractivity contribution < 1.29 is 19.0 Å². The number of ether oxygens (including phenoxy) is 3. The molecule has 142 valence electrons. The Balaban J connectivity index is 2.05. The van der Waals surface area contributed by atoms with Crippen molar-refractivity contribution in [3.63, 3.8) is 0 Å². The van der Waals surface area contributed by atoms with Gasteiger partial charge in [0.1, 0.15) is 17.1 Å². The van der Waals surface area contributed by atoms with E-state index >= 15 is 0 Å². The van der Waals surface area contributed by atoms with Crippen molar-refractivity contribution in [3.05, 3.63) is 83.2 Å². The van der Waals surface area contributed by atoms with Gasteiger partial charge in [0.05, 0.1) is 19.6 Å². The minimum Gasteiger partial charge on any atom is -0.496 e. The van der Waals surface area contributed by atoms with E-state index < -0.39 is 11.9 Å². The van der Waals surface area contributed by atoms with E-state index in [2.05, 4.69) is 0 Å². The molecule has 0 unspecified atom stereocenters. The lowest BCUT2D eigenvalue weighted by atomic mass is 9.80. The fraction of sp³-hybridized carbons (Fsp3) is 0.174. The van der Waals surface area contributed by atoms with Crippen LogP contribution < -0.4 is 15.2 Å². The van der Waals surface area contributed by atoms with Gasteiger partial charge in [-0.25, -0.2) is 4.79 Å². The average Bonchev–Trinajstić information content (AvgIpc) is 2.72. The lowest BCUT2D eigenvalue weighted by Gasteiger charge is -2.30. The highest BCUT2D eigenvalue weighted by atomic mass is 16.5. The van der Waals surface area contributed by atoms with Crippen molar-refractivity contribution in [3.8, 4) is 11.5 Å². The topological polar surface area (TPSA) is 70.8 Å². The van der Waals surface area contributed by atoms with Crippen LogP contribution >= 0.6 is 0 Å². The maximum atomic E-state index is 12.9. The van der Waals surface area contributed by atoms with Gasteiger partial charge in [-0.2, -0.15) is 0 Å². The quantitative estimate of drug-likeness (QED) is 0.695. The van der Waals surface area contributed by atoms with Crippen molar-refractivity contribution in [2.75, 3.05) is 13.7 Å². The molecule has 3 aromatic carbocycles. The monoisotopic (exact) mass is 375 g/mol. The molecule has 0 spiro atoms. The predicted molar refractivity (Wildman–Crippen MR) is 107 cm³/mol. The summed E-state index contributed by atoms with van der Waals surface area (Å²) in [6.45, 7) is 2.01. The van der Waals surface area contributed by atoms with Crippen molar-refractivity contribution in [1.82, 2.24) is 0 Å². The third-order valence-electron chi connectivity index (χ3n) is 4.94. The van der Waals surface area contributed by atoms with Gasteiger partial charge in [0, 0.05) is 11.1 Å². The molecule has 1 atom stereocenters. The van der Waals surface area contributed by atoms with Gasteiger partial charge < -0.3 is 19.9 Å². The first kappa shape index (κ1) is 17.9. The van der Waals surface area contributed by atoms with Crippen LogP contribution in [-0.4, -0.2) is 19.7 Å². The van der Waals surface area contributed by atoms with E-state index in [0.29, 0.717) is 11.5 Å². The van der Waals surface area contributed by atoms with E-state index in [0.717, 1.165) is 21.9 Å². The second kappa shape index (κ2) is 7.27. The van der Waals surface area contributed by atoms with Gasteiger partial charge in [-0.1, -0.05) is 48.5 Å². The molecule has 0 saturated carbocycles. The molecule has 4 rings (SSSR count). The number of carbonyl (C=O) groups is 1. The van der Waals surface area contributed by atoms with Crippen LogP contribution in [0.15, 0.2) is 72.1 Å². The van der Waals surface area contributed by atoms with Crippen LogP contribution in [0.5, 0.6) is 11.5 Å². The molecular weight excluding hydrogens is 354 g/mol. The maximum absolute atomic E-state index is 12.9. The summed E-state index contributed by atoms with van der Waals surface area (Å²) in [6.07, 6.45) is 0. The summed E-state index contributed by atoms with van der Waals surface area (Å²) >= 11 is 0. The Morgan fingerprint density at radius 2 is 1.82 bits per heavy atom. The Bertz CT molecular complexity index is 1090. The van der Waals surface area contributed by atoms with Crippen molar-refractivity contribution in [2.45, 2.75) is 12.8 Å². The molecule has 0 bridgehead atoms. The summed E-state index contributed by atoms with van der Waals surface area (Å²) in [4.78, 5) is 12.9. The summed E-state index contributed by atoms with van der Waals surface area (Å²) in [5.41, 5.74) is 8.20. The molecule has 0 radical (unpaired) electrons. The SMILES string of the molecule is CCOC(=O)C1=C(N)Oc2ccc3ccccc3c2[C@@H]1c1ccccc1OC. The van der Waals surface area contributed by atoms with Crippen molar-refractivity contribution in [2.24, 2.45) is 5.73 Å². The second-order valence-electron chi connectivity index (χ2n) is 6.47. The molecule has 0 aromatic heterocycles. The number of esters is 1. The van der Waals surface area contributed by atoms with Crippen LogP contribution in [0.1, 0.15) is 24.0 Å². The molecule has 1 aliphatic heterocycles. The largest absolute Gasteiger partial charge is 0.496 e. The standard InChI is InChI=1S/C23H21NO4/c1-3-27-23(25)21-20(16-10-6-7-11-17(16)26-2)19-15-9-5-4-8-14(15)12-13-18(19)28-22(21)24/h4-13,20H,3,24H2,1-2H3/t20-/m0/s1. The Morgan fingerprint density at radius 3 is 2.61 bits per heavy atom. The minimum absolute atomic E-state index is 0.0529. The van der Waals surface area contributed by atoms with Crippen LogP contribution in [0.25, 0.3) is 10.8 Å². The van der Waals surface area contributed by atoms with E-state index in [1.165, 1.54) is 0 Å². The molecule has 5 nitrogen and oxygen atoms in total.